The Morgan fingerprint density at radius 2 is 1.83 bits per heavy atom. The second-order valence-corrected chi connectivity index (χ2v) is 8.71. The molecule has 1 aliphatic rings. The lowest BCUT2D eigenvalue weighted by Crippen LogP contribution is -2.54. The minimum atomic E-state index is -0.226. The number of hydrogen-bond acceptors (Lipinski definition) is 5. The van der Waals surface area contributed by atoms with Crippen LogP contribution in [0.3, 0.4) is 0 Å². The summed E-state index contributed by atoms with van der Waals surface area (Å²) in [6.45, 7) is 8.60. The first-order valence-corrected chi connectivity index (χ1v) is 10.9. The second-order valence-electron chi connectivity index (χ2n) is 7.68. The summed E-state index contributed by atoms with van der Waals surface area (Å²) in [5, 5.41) is 4.96. The van der Waals surface area contributed by atoms with E-state index < -0.39 is 0 Å². The van der Waals surface area contributed by atoms with E-state index in [1.54, 1.807) is 18.4 Å². The normalized spacial score (nSPS) is 16.4. The summed E-state index contributed by atoms with van der Waals surface area (Å²) in [7, 11) is 1.70. The van der Waals surface area contributed by atoms with Crippen LogP contribution in [0, 0.1) is 6.92 Å². The van der Waals surface area contributed by atoms with E-state index in [1.807, 2.05) is 38.1 Å². The highest BCUT2D eigenvalue weighted by Gasteiger charge is 2.28. The molecule has 1 fully saturated rings. The van der Waals surface area contributed by atoms with Gasteiger partial charge in [0.05, 0.1) is 12.6 Å². The number of anilines is 1. The molecule has 0 aliphatic carbocycles. The maximum Gasteiger partial charge on any atom is 0.243 e. The van der Waals surface area contributed by atoms with Gasteiger partial charge in [-0.2, -0.15) is 0 Å². The molecule has 0 radical (unpaired) electrons. The van der Waals surface area contributed by atoms with Crippen LogP contribution in [0.2, 0.25) is 0 Å². The smallest absolute Gasteiger partial charge is 0.243 e. The van der Waals surface area contributed by atoms with E-state index in [-0.39, 0.29) is 24.4 Å². The van der Waals surface area contributed by atoms with Gasteiger partial charge in [0.25, 0.3) is 0 Å². The summed E-state index contributed by atoms with van der Waals surface area (Å²) in [4.78, 5) is 32.6. The van der Waals surface area contributed by atoms with Gasteiger partial charge in [0.2, 0.25) is 11.8 Å². The molecule has 1 atom stereocenters. The van der Waals surface area contributed by atoms with Crippen molar-refractivity contribution in [1.82, 2.24) is 14.7 Å². The van der Waals surface area contributed by atoms with Crippen molar-refractivity contribution < 1.29 is 9.59 Å². The summed E-state index contributed by atoms with van der Waals surface area (Å²) in [5.41, 5.74) is 1.89. The van der Waals surface area contributed by atoms with Gasteiger partial charge in [-0.3, -0.25) is 19.4 Å². The molecule has 0 unspecified atom stereocenters. The second kappa shape index (κ2) is 10.0. The van der Waals surface area contributed by atoms with Crippen molar-refractivity contribution in [3.63, 3.8) is 0 Å². The number of hydrogen-bond donors (Lipinski definition) is 1. The van der Waals surface area contributed by atoms with Crippen molar-refractivity contribution in [3.05, 3.63) is 52.2 Å². The summed E-state index contributed by atoms with van der Waals surface area (Å²) >= 11 is 1.79. The highest BCUT2D eigenvalue weighted by molar-refractivity contribution is 7.09. The van der Waals surface area contributed by atoms with Gasteiger partial charge in [-0.25, -0.2) is 0 Å². The van der Waals surface area contributed by atoms with Crippen molar-refractivity contribution >= 4 is 28.8 Å². The highest BCUT2D eigenvalue weighted by atomic mass is 32.1. The number of carbonyl (C=O) groups is 2. The minimum absolute atomic E-state index is 0.0178. The topological polar surface area (TPSA) is 55.9 Å². The number of amides is 2. The molecule has 2 heterocycles. The van der Waals surface area contributed by atoms with Crippen molar-refractivity contribution in [1.29, 1.82) is 0 Å². The third kappa shape index (κ3) is 6.13. The molecule has 156 valence electrons. The minimum Gasteiger partial charge on any atom is -0.335 e. The first-order chi connectivity index (χ1) is 13.9. The molecule has 0 saturated carbocycles. The molecule has 3 rings (SSSR count). The van der Waals surface area contributed by atoms with Crippen molar-refractivity contribution in [2.24, 2.45) is 0 Å². The van der Waals surface area contributed by atoms with Crippen LogP contribution in [0.15, 0.2) is 41.8 Å². The lowest BCUT2D eigenvalue weighted by molar-refractivity contribution is -0.138. The fraction of sp³-hybridized carbons (Fsp3) is 0.455. The largest absolute Gasteiger partial charge is 0.335 e. The summed E-state index contributed by atoms with van der Waals surface area (Å²) in [5.74, 6) is -0.201. The molecule has 0 bridgehead atoms. The van der Waals surface area contributed by atoms with Crippen LogP contribution in [0.25, 0.3) is 0 Å². The van der Waals surface area contributed by atoms with Crippen molar-refractivity contribution in [2.45, 2.75) is 26.4 Å². The SMILES string of the molecule is Cc1ccc(NC(=O)CN(C)C(=O)[C@@H](C)N2CCN(Cc3cccs3)CC2)cc1. The van der Waals surface area contributed by atoms with Crippen molar-refractivity contribution in [2.75, 3.05) is 45.1 Å². The Bertz CT molecular complexity index is 799. The molecule has 29 heavy (non-hydrogen) atoms. The zero-order chi connectivity index (χ0) is 20.8. The summed E-state index contributed by atoms with van der Waals surface area (Å²) in [6.07, 6.45) is 0. The Morgan fingerprint density at radius 1 is 1.14 bits per heavy atom. The Kier molecular flexibility index (Phi) is 7.41. The molecule has 1 saturated heterocycles. The van der Waals surface area contributed by atoms with Gasteiger partial charge in [-0.05, 0) is 37.4 Å². The van der Waals surface area contributed by atoms with Crippen LogP contribution >= 0.6 is 11.3 Å². The zero-order valence-electron chi connectivity index (χ0n) is 17.4. The molecule has 1 aromatic heterocycles. The lowest BCUT2D eigenvalue weighted by Gasteiger charge is -2.38. The third-order valence-electron chi connectivity index (χ3n) is 5.36. The van der Waals surface area contributed by atoms with E-state index in [0.717, 1.165) is 44.0 Å². The molecule has 1 aliphatic heterocycles. The van der Waals surface area contributed by atoms with Crippen LogP contribution in [-0.2, 0) is 16.1 Å². The van der Waals surface area contributed by atoms with Gasteiger partial charge >= 0.3 is 0 Å². The van der Waals surface area contributed by atoms with Crippen LogP contribution in [0.5, 0.6) is 0 Å². The predicted molar refractivity (Wildman–Crippen MR) is 118 cm³/mol. The molecule has 1 N–H and O–H groups in total. The molecule has 6 nitrogen and oxygen atoms in total. The Labute approximate surface area is 177 Å². The number of benzene rings is 1. The van der Waals surface area contributed by atoms with E-state index in [4.69, 9.17) is 0 Å². The van der Waals surface area contributed by atoms with Gasteiger partial charge in [0.15, 0.2) is 0 Å². The van der Waals surface area contributed by atoms with Crippen LogP contribution in [-0.4, -0.2) is 72.3 Å². The van der Waals surface area contributed by atoms with E-state index in [1.165, 1.54) is 9.78 Å². The number of nitrogens with zero attached hydrogens (tertiary/aromatic N) is 3. The number of nitrogens with one attached hydrogen (secondary N) is 1. The van der Waals surface area contributed by atoms with Crippen LogP contribution < -0.4 is 5.32 Å². The molecule has 0 spiro atoms. The Morgan fingerprint density at radius 3 is 2.45 bits per heavy atom. The number of rotatable bonds is 7. The highest BCUT2D eigenvalue weighted by Crippen LogP contribution is 2.15. The van der Waals surface area contributed by atoms with E-state index in [0.29, 0.717) is 0 Å². The molecule has 1 aromatic carbocycles. The van der Waals surface area contributed by atoms with E-state index in [9.17, 15) is 9.59 Å². The Hall–Kier alpha value is -2.22. The summed E-state index contributed by atoms with van der Waals surface area (Å²) < 4.78 is 0. The number of carbonyl (C=O) groups excluding carboxylic acids is 2. The van der Waals surface area contributed by atoms with Gasteiger partial charge in [-0.1, -0.05) is 23.8 Å². The number of piperazine rings is 1. The number of likely N-dealkylation sites (N-methyl/N-ethyl adjacent to an activating group) is 1. The van der Waals surface area contributed by atoms with Gasteiger partial charge in [0.1, 0.15) is 0 Å². The van der Waals surface area contributed by atoms with Gasteiger partial charge in [0, 0.05) is 50.3 Å². The Balaban J connectivity index is 1.44. The monoisotopic (exact) mass is 414 g/mol. The maximum atomic E-state index is 12.8. The zero-order valence-corrected chi connectivity index (χ0v) is 18.2. The molecular formula is C22H30N4O2S. The molecule has 2 amide bonds. The fourth-order valence-electron chi connectivity index (χ4n) is 3.54. The van der Waals surface area contributed by atoms with E-state index in [2.05, 4.69) is 32.6 Å². The first-order valence-electron chi connectivity index (χ1n) is 10.0. The average molecular weight is 415 g/mol. The van der Waals surface area contributed by atoms with Crippen LogP contribution in [0.4, 0.5) is 5.69 Å². The third-order valence-corrected chi connectivity index (χ3v) is 6.23. The summed E-state index contributed by atoms with van der Waals surface area (Å²) in [6, 6.07) is 11.7. The fourth-order valence-corrected chi connectivity index (χ4v) is 4.28. The average Bonchev–Trinajstić information content (AvgIpc) is 3.22. The van der Waals surface area contributed by atoms with Crippen LogP contribution in [0.1, 0.15) is 17.4 Å². The van der Waals surface area contributed by atoms with Gasteiger partial charge in [-0.15, -0.1) is 11.3 Å². The number of thiophene rings is 1. The lowest BCUT2D eigenvalue weighted by atomic mass is 10.2. The van der Waals surface area contributed by atoms with Gasteiger partial charge < -0.3 is 10.2 Å². The maximum absolute atomic E-state index is 12.8. The van der Waals surface area contributed by atoms with E-state index >= 15 is 0 Å². The quantitative estimate of drug-likeness (QED) is 0.757. The predicted octanol–water partition coefficient (Wildman–Crippen LogP) is 2.66. The molecular weight excluding hydrogens is 384 g/mol. The molecule has 2 aromatic rings. The standard InChI is InChI=1S/C22H30N4O2S/c1-17-6-8-19(9-7-17)23-21(27)16-24(3)22(28)18(2)26-12-10-25(11-13-26)15-20-5-4-14-29-20/h4-9,14,18H,10-13,15-16H2,1-3H3,(H,23,27)/t18-/m1/s1. The first kappa shape index (κ1) is 21.5. The molecule has 7 heteroatoms. The van der Waals surface area contributed by atoms with Crippen molar-refractivity contribution in [3.8, 4) is 0 Å². The number of aryl methyl sites for hydroxylation is 1.